The number of hydrogen-bond acceptors (Lipinski definition) is 6. The number of hydrogen-bond donors (Lipinski definition) is 0. The van der Waals surface area contributed by atoms with Crippen LogP contribution in [0.1, 0.15) is 0 Å². The fourth-order valence-corrected chi connectivity index (χ4v) is 2.82. The number of ether oxygens (including phenoxy) is 3. The summed E-state index contributed by atoms with van der Waals surface area (Å²) in [6, 6.07) is 11.7. The Labute approximate surface area is 149 Å². The highest BCUT2D eigenvalue weighted by Crippen LogP contribution is 2.47. The zero-order valence-electron chi connectivity index (χ0n) is 14.5. The molecule has 7 heteroatoms. The molecule has 0 saturated carbocycles. The van der Waals surface area contributed by atoms with Gasteiger partial charge in [-0.2, -0.15) is 0 Å². The summed E-state index contributed by atoms with van der Waals surface area (Å²) < 4.78 is 21.5. The molecule has 0 saturated heterocycles. The molecule has 0 N–H and O–H groups in total. The van der Waals surface area contributed by atoms with E-state index in [0.717, 1.165) is 0 Å². The van der Waals surface area contributed by atoms with Gasteiger partial charge in [-0.05, 0) is 36.4 Å². The van der Waals surface area contributed by atoms with Gasteiger partial charge in [-0.3, -0.25) is 10.1 Å². The van der Waals surface area contributed by atoms with Crippen LogP contribution in [0.3, 0.4) is 0 Å². The van der Waals surface area contributed by atoms with E-state index in [0.29, 0.717) is 39.7 Å². The number of nitrogens with zero attached hydrogens (tertiary/aromatic N) is 1. The molecule has 3 aromatic rings. The van der Waals surface area contributed by atoms with Crippen LogP contribution in [0.15, 0.2) is 53.1 Å². The molecule has 0 aliphatic carbocycles. The first-order valence-electron chi connectivity index (χ1n) is 7.72. The lowest BCUT2D eigenvalue weighted by atomic mass is 9.98. The van der Waals surface area contributed by atoms with Crippen molar-refractivity contribution in [2.45, 2.75) is 0 Å². The second kappa shape index (κ2) is 7.18. The van der Waals surface area contributed by atoms with Gasteiger partial charge >= 0.3 is 0 Å². The largest absolute Gasteiger partial charge is 0.493 e. The average molecular weight is 355 g/mol. The molecular formula is C19H17NO6. The SMILES string of the molecule is COc1ccc(-c2cc(-c3ccco3)ccc2[N+](=O)[O-])c(OC)c1OC. The molecule has 0 bridgehead atoms. The standard InChI is InChI=1S/C19H17NO6/c1-23-17-9-7-13(18(24-2)19(17)25-3)14-11-12(16-5-4-10-26-16)6-8-15(14)20(21)22/h4-11H,1-3H3. The Morgan fingerprint density at radius 3 is 2.27 bits per heavy atom. The van der Waals surface area contributed by atoms with Crippen LogP contribution in [0.25, 0.3) is 22.5 Å². The second-order valence-electron chi connectivity index (χ2n) is 5.35. The van der Waals surface area contributed by atoms with Crippen LogP contribution < -0.4 is 14.2 Å². The van der Waals surface area contributed by atoms with Crippen LogP contribution in [0, 0.1) is 10.1 Å². The highest BCUT2D eigenvalue weighted by molar-refractivity contribution is 5.84. The van der Waals surface area contributed by atoms with E-state index >= 15 is 0 Å². The fraction of sp³-hybridized carbons (Fsp3) is 0.158. The molecule has 3 rings (SSSR count). The summed E-state index contributed by atoms with van der Waals surface area (Å²) in [5.41, 5.74) is 1.57. The van der Waals surface area contributed by atoms with Gasteiger partial charge in [0.2, 0.25) is 5.75 Å². The van der Waals surface area contributed by atoms with Crippen molar-refractivity contribution in [2.24, 2.45) is 0 Å². The van der Waals surface area contributed by atoms with E-state index in [4.69, 9.17) is 18.6 Å². The number of nitro benzene ring substituents is 1. The minimum Gasteiger partial charge on any atom is -0.493 e. The molecule has 7 nitrogen and oxygen atoms in total. The van der Waals surface area contributed by atoms with Gasteiger partial charge in [0, 0.05) is 17.2 Å². The number of nitro groups is 1. The maximum atomic E-state index is 11.6. The van der Waals surface area contributed by atoms with Gasteiger partial charge in [0.1, 0.15) is 5.76 Å². The molecule has 1 heterocycles. The number of rotatable bonds is 6. The quantitative estimate of drug-likeness (QED) is 0.476. The zero-order chi connectivity index (χ0) is 18.7. The summed E-state index contributed by atoms with van der Waals surface area (Å²) in [4.78, 5) is 11.1. The van der Waals surface area contributed by atoms with Crippen LogP contribution in [-0.4, -0.2) is 26.3 Å². The van der Waals surface area contributed by atoms with E-state index < -0.39 is 4.92 Å². The summed E-state index contributed by atoms with van der Waals surface area (Å²) in [5.74, 6) is 1.80. The van der Waals surface area contributed by atoms with Crippen LogP contribution in [0.5, 0.6) is 17.2 Å². The highest BCUT2D eigenvalue weighted by Gasteiger charge is 2.24. The smallest absolute Gasteiger partial charge is 0.277 e. The second-order valence-corrected chi connectivity index (χ2v) is 5.35. The summed E-state index contributed by atoms with van der Waals surface area (Å²) in [7, 11) is 4.47. The predicted molar refractivity (Wildman–Crippen MR) is 95.9 cm³/mol. The van der Waals surface area contributed by atoms with Crippen molar-refractivity contribution < 1.29 is 23.6 Å². The van der Waals surface area contributed by atoms with Gasteiger partial charge in [0.25, 0.3) is 5.69 Å². The van der Waals surface area contributed by atoms with E-state index in [1.807, 2.05) is 0 Å². The fourth-order valence-electron chi connectivity index (χ4n) is 2.82. The Morgan fingerprint density at radius 2 is 1.69 bits per heavy atom. The molecule has 26 heavy (non-hydrogen) atoms. The zero-order valence-corrected chi connectivity index (χ0v) is 14.5. The summed E-state index contributed by atoms with van der Waals surface area (Å²) in [6.07, 6.45) is 1.55. The molecular weight excluding hydrogens is 338 g/mol. The summed E-state index contributed by atoms with van der Waals surface area (Å²) in [6.45, 7) is 0. The summed E-state index contributed by atoms with van der Waals surface area (Å²) >= 11 is 0. The molecule has 0 amide bonds. The predicted octanol–water partition coefficient (Wildman–Crippen LogP) is 4.55. The van der Waals surface area contributed by atoms with Gasteiger partial charge in [-0.25, -0.2) is 0 Å². The van der Waals surface area contributed by atoms with Crippen LogP contribution in [-0.2, 0) is 0 Å². The van der Waals surface area contributed by atoms with E-state index in [-0.39, 0.29) is 5.69 Å². The van der Waals surface area contributed by atoms with Crippen molar-refractivity contribution in [1.82, 2.24) is 0 Å². The Morgan fingerprint density at radius 1 is 0.923 bits per heavy atom. The van der Waals surface area contributed by atoms with Crippen molar-refractivity contribution in [3.63, 3.8) is 0 Å². The number of benzene rings is 2. The van der Waals surface area contributed by atoms with Crippen molar-refractivity contribution in [3.8, 4) is 39.7 Å². The minimum absolute atomic E-state index is 0.0502. The van der Waals surface area contributed by atoms with E-state index in [9.17, 15) is 10.1 Å². The van der Waals surface area contributed by atoms with E-state index in [2.05, 4.69) is 0 Å². The van der Waals surface area contributed by atoms with Gasteiger partial charge < -0.3 is 18.6 Å². The third-order valence-electron chi connectivity index (χ3n) is 3.99. The Hall–Kier alpha value is -3.48. The molecule has 0 aliphatic rings. The lowest BCUT2D eigenvalue weighted by molar-refractivity contribution is -0.384. The highest BCUT2D eigenvalue weighted by atomic mass is 16.6. The molecule has 134 valence electrons. The van der Waals surface area contributed by atoms with Gasteiger partial charge in [0.15, 0.2) is 11.5 Å². The van der Waals surface area contributed by atoms with Gasteiger partial charge in [-0.1, -0.05) is 0 Å². The molecule has 0 fully saturated rings. The van der Waals surface area contributed by atoms with Crippen LogP contribution in [0.2, 0.25) is 0 Å². The normalized spacial score (nSPS) is 10.4. The Kier molecular flexibility index (Phi) is 4.79. The van der Waals surface area contributed by atoms with E-state index in [1.54, 1.807) is 42.7 Å². The van der Waals surface area contributed by atoms with Crippen molar-refractivity contribution in [1.29, 1.82) is 0 Å². The van der Waals surface area contributed by atoms with Crippen molar-refractivity contribution >= 4 is 5.69 Å². The van der Waals surface area contributed by atoms with E-state index in [1.165, 1.54) is 27.4 Å². The van der Waals surface area contributed by atoms with Crippen LogP contribution in [0.4, 0.5) is 5.69 Å². The molecule has 0 radical (unpaired) electrons. The Balaban J connectivity index is 2.28. The molecule has 1 aromatic heterocycles. The minimum atomic E-state index is -0.433. The average Bonchev–Trinajstić information content (AvgIpc) is 3.20. The Bertz CT molecular complexity index is 933. The van der Waals surface area contributed by atoms with Gasteiger partial charge in [-0.15, -0.1) is 0 Å². The van der Waals surface area contributed by atoms with Crippen molar-refractivity contribution in [2.75, 3.05) is 21.3 Å². The van der Waals surface area contributed by atoms with Gasteiger partial charge in [0.05, 0.1) is 38.1 Å². The summed E-state index contributed by atoms with van der Waals surface area (Å²) in [5, 5.41) is 11.6. The number of furan rings is 1. The molecule has 0 spiro atoms. The third kappa shape index (κ3) is 2.95. The van der Waals surface area contributed by atoms with Crippen molar-refractivity contribution in [3.05, 3.63) is 58.8 Å². The van der Waals surface area contributed by atoms with Crippen LogP contribution >= 0.6 is 0 Å². The molecule has 2 aromatic carbocycles. The molecule has 0 atom stereocenters. The maximum Gasteiger partial charge on any atom is 0.277 e. The lowest BCUT2D eigenvalue weighted by Gasteiger charge is -2.16. The first-order valence-corrected chi connectivity index (χ1v) is 7.72. The first-order chi connectivity index (χ1) is 12.6. The topological polar surface area (TPSA) is 84.0 Å². The molecule has 0 unspecified atom stereocenters. The molecule has 0 aliphatic heterocycles. The monoisotopic (exact) mass is 355 g/mol. The third-order valence-corrected chi connectivity index (χ3v) is 3.99. The first kappa shape index (κ1) is 17.3. The lowest BCUT2D eigenvalue weighted by Crippen LogP contribution is -1.99. The maximum absolute atomic E-state index is 11.6. The number of methoxy groups -OCH3 is 3.